The maximum absolute atomic E-state index is 14.1. The van der Waals surface area contributed by atoms with Crippen LogP contribution in [0.3, 0.4) is 0 Å². The van der Waals surface area contributed by atoms with Crippen molar-refractivity contribution in [1.29, 1.82) is 0 Å². The minimum absolute atomic E-state index is 0.0547. The van der Waals surface area contributed by atoms with E-state index in [1.807, 2.05) is 0 Å². The summed E-state index contributed by atoms with van der Waals surface area (Å²) in [5, 5.41) is 2.82. The van der Waals surface area contributed by atoms with E-state index in [9.17, 15) is 23.6 Å². The number of nitrogens with one attached hydrogen (secondary N) is 1. The number of Topliss-reactive ketones (excluding diaryl/α,β-unsaturated/α-hetero) is 1. The molecule has 3 aromatic carbocycles. The SMILES string of the molecule is O=C1C(=O)N(CC(=O)N(Cc2cccnc2)[C@H](C(=O)Nc2ccc3c(c2)OCO3)c2ccc(F)cc2)c2ccccc21. The molecule has 4 aromatic rings. The molecule has 11 heteroatoms. The van der Waals surface area contributed by atoms with Crippen LogP contribution in [0.2, 0.25) is 0 Å². The quantitative estimate of drug-likeness (QED) is 0.322. The third kappa shape index (κ3) is 5.15. The van der Waals surface area contributed by atoms with Crippen LogP contribution in [0.5, 0.6) is 11.5 Å². The Balaban J connectivity index is 1.37. The molecule has 0 radical (unpaired) electrons. The van der Waals surface area contributed by atoms with Gasteiger partial charge in [0.25, 0.3) is 17.6 Å². The minimum atomic E-state index is -1.26. The molecule has 10 nitrogen and oxygen atoms in total. The van der Waals surface area contributed by atoms with Crippen LogP contribution in [0.15, 0.2) is 91.3 Å². The molecule has 3 amide bonds. The number of nitrogens with zero attached hydrogens (tertiary/aromatic N) is 3. The lowest BCUT2D eigenvalue weighted by atomic mass is 10.0. The van der Waals surface area contributed by atoms with Crippen molar-refractivity contribution in [3.05, 3.63) is 114 Å². The monoisotopic (exact) mass is 566 g/mol. The van der Waals surface area contributed by atoms with Gasteiger partial charge in [0.05, 0.1) is 11.3 Å². The molecule has 1 aromatic heterocycles. The second-order valence-corrected chi connectivity index (χ2v) is 9.63. The van der Waals surface area contributed by atoms with E-state index in [2.05, 4.69) is 10.3 Å². The molecule has 3 heterocycles. The number of para-hydroxylation sites is 1. The van der Waals surface area contributed by atoms with Gasteiger partial charge in [0.1, 0.15) is 18.4 Å². The fourth-order valence-corrected chi connectivity index (χ4v) is 4.95. The summed E-state index contributed by atoms with van der Waals surface area (Å²) >= 11 is 0. The van der Waals surface area contributed by atoms with Crippen LogP contribution in [0.25, 0.3) is 0 Å². The van der Waals surface area contributed by atoms with E-state index in [-0.39, 0.29) is 18.9 Å². The van der Waals surface area contributed by atoms with Crippen molar-refractivity contribution in [2.45, 2.75) is 12.6 Å². The zero-order valence-electron chi connectivity index (χ0n) is 22.0. The number of anilines is 2. The normalized spacial score (nSPS) is 14.0. The van der Waals surface area contributed by atoms with Crippen LogP contribution >= 0.6 is 0 Å². The van der Waals surface area contributed by atoms with Crippen molar-refractivity contribution in [2.75, 3.05) is 23.6 Å². The highest BCUT2D eigenvalue weighted by atomic mass is 19.1. The molecule has 1 atom stereocenters. The molecule has 0 spiro atoms. The van der Waals surface area contributed by atoms with E-state index in [0.29, 0.717) is 34.0 Å². The number of benzene rings is 3. The van der Waals surface area contributed by atoms with E-state index < -0.39 is 41.9 Å². The van der Waals surface area contributed by atoms with Gasteiger partial charge in [-0.15, -0.1) is 0 Å². The second-order valence-electron chi connectivity index (χ2n) is 9.63. The zero-order valence-corrected chi connectivity index (χ0v) is 22.0. The van der Waals surface area contributed by atoms with Gasteiger partial charge in [-0.25, -0.2) is 4.39 Å². The largest absolute Gasteiger partial charge is 0.454 e. The number of carbonyl (C=O) groups is 4. The van der Waals surface area contributed by atoms with Crippen LogP contribution < -0.4 is 19.7 Å². The molecule has 0 aliphatic carbocycles. The van der Waals surface area contributed by atoms with Crippen molar-refractivity contribution in [3.8, 4) is 11.5 Å². The summed E-state index contributed by atoms with van der Waals surface area (Å²) in [7, 11) is 0. The van der Waals surface area contributed by atoms with E-state index in [1.165, 1.54) is 35.2 Å². The third-order valence-corrected chi connectivity index (χ3v) is 6.95. The van der Waals surface area contributed by atoms with Gasteiger partial charge in [-0.3, -0.25) is 29.1 Å². The summed E-state index contributed by atoms with van der Waals surface area (Å²) in [5.41, 5.74) is 1.84. The van der Waals surface area contributed by atoms with Crippen LogP contribution in [0.4, 0.5) is 15.8 Å². The molecule has 0 bridgehead atoms. The second kappa shape index (κ2) is 11.1. The fourth-order valence-electron chi connectivity index (χ4n) is 4.95. The highest BCUT2D eigenvalue weighted by Gasteiger charge is 2.39. The Labute approximate surface area is 239 Å². The Morgan fingerprint density at radius 3 is 2.55 bits per heavy atom. The molecular formula is C31H23FN4O6. The topological polar surface area (TPSA) is 118 Å². The number of carbonyl (C=O) groups excluding carboxylic acids is 4. The highest BCUT2D eigenvalue weighted by Crippen LogP contribution is 2.35. The van der Waals surface area contributed by atoms with Crippen molar-refractivity contribution in [1.82, 2.24) is 9.88 Å². The summed E-state index contributed by atoms with van der Waals surface area (Å²) in [6.07, 6.45) is 3.13. The number of aromatic nitrogens is 1. The number of hydrogen-bond donors (Lipinski definition) is 1. The van der Waals surface area contributed by atoms with Gasteiger partial charge in [-0.05, 0) is 53.6 Å². The van der Waals surface area contributed by atoms with Crippen LogP contribution in [-0.4, -0.2) is 46.7 Å². The van der Waals surface area contributed by atoms with Crippen molar-refractivity contribution >= 4 is 34.9 Å². The lowest BCUT2D eigenvalue weighted by molar-refractivity contribution is -0.139. The Hall–Kier alpha value is -5.58. The van der Waals surface area contributed by atoms with Crippen LogP contribution in [0, 0.1) is 5.82 Å². The van der Waals surface area contributed by atoms with Crippen molar-refractivity contribution in [2.24, 2.45) is 0 Å². The van der Waals surface area contributed by atoms with Crippen molar-refractivity contribution in [3.63, 3.8) is 0 Å². The third-order valence-electron chi connectivity index (χ3n) is 6.95. The Morgan fingerprint density at radius 2 is 1.76 bits per heavy atom. The van der Waals surface area contributed by atoms with Crippen molar-refractivity contribution < 1.29 is 33.0 Å². The van der Waals surface area contributed by atoms with Gasteiger partial charge in [0, 0.05) is 30.7 Å². The lowest BCUT2D eigenvalue weighted by Crippen LogP contribution is -2.46. The van der Waals surface area contributed by atoms with Gasteiger partial charge in [0.2, 0.25) is 12.7 Å². The first-order valence-electron chi connectivity index (χ1n) is 13.0. The summed E-state index contributed by atoms with van der Waals surface area (Å²) in [6.45, 7) is -0.517. The first-order valence-corrected chi connectivity index (χ1v) is 13.0. The average Bonchev–Trinajstić information content (AvgIpc) is 3.56. The Morgan fingerprint density at radius 1 is 0.976 bits per heavy atom. The van der Waals surface area contributed by atoms with Gasteiger partial charge < -0.3 is 19.7 Å². The molecule has 2 aliphatic heterocycles. The minimum Gasteiger partial charge on any atom is -0.454 e. The number of amides is 3. The molecule has 0 saturated heterocycles. The molecule has 0 fully saturated rings. The predicted octanol–water partition coefficient (Wildman–Crippen LogP) is 3.89. The molecule has 0 unspecified atom stereocenters. The molecule has 6 rings (SSSR count). The number of ether oxygens (including phenoxy) is 2. The number of ketones is 1. The smallest absolute Gasteiger partial charge is 0.299 e. The molecule has 42 heavy (non-hydrogen) atoms. The molecular weight excluding hydrogens is 543 g/mol. The van der Waals surface area contributed by atoms with Gasteiger partial charge >= 0.3 is 0 Å². The molecule has 2 aliphatic rings. The summed E-state index contributed by atoms with van der Waals surface area (Å²) < 4.78 is 24.7. The Bertz CT molecular complexity index is 1700. The maximum Gasteiger partial charge on any atom is 0.299 e. The van der Waals surface area contributed by atoms with Gasteiger partial charge in [-0.2, -0.15) is 0 Å². The number of hydrogen-bond acceptors (Lipinski definition) is 7. The zero-order chi connectivity index (χ0) is 29.2. The molecule has 0 saturated carbocycles. The lowest BCUT2D eigenvalue weighted by Gasteiger charge is -2.32. The molecule has 1 N–H and O–H groups in total. The summed E-state index contributed by atoms with van der Waals surface area (Å²) in [4.78, 5) is 60.0. The number of pyridine rings is 1. The average molecular weight is 567 g/mol. The highest BCUT2D eigenvalue weighted by molar-refractivity contribution is 6.52. The van der Waals surface area contributed by atoms with Crippen LogP contribution in [0.1, 0.15) is 27.5 Å². The molecule has 210 valence electrons. The van der Waals surface area contributed by atoms with E-state index in [0.717, 1.165) is 4.90 Å². The van der Waals surface area contributed by atoms with Gasteiger partial charge in [0.15, 0.2) is 11.5 Å². The van der Waals surface area contributed by atoms with Gasteiger partial charge in [-0.1, -0.05) is 30.3 Å². The first-order chi connectivity index (χ1) is 20.4. The number of rotatable bonds is 8. The number of halogens is 1. The van der Waals surface area contributed by atoms with E-state index >= 15 is 0 Å². The van der Waals surface area contributed by atoms with E-state index in [4.69, 9.17) is 9.47 Å². The predicted molar refractivity (Wildman–Crippen MR) is 148 cm³/mol. The Kier molecular flexibility index (Phi) is 7.05. The standard InChI is InChI=1S/C31H23FN4O6/c32-21-9-7-20(8-10-21)28(30(39)34-22-11-12-25-26(14-22)42-18-41-25)36(16-19-4-3-13-33-15-19)27(37)17-35-24-6-2-1-5-23(24)29(38)31(35)40/h1-15,28H,16-18H2,(H,34,39)/t28-/m0/s1. The maximum atomic E-state index is 14.1. The first kappa shape index (κ1) is 26.6. The summed E-state index contributed by atoms with van der Waals surface area (Å²) in [6, 6.07) is 18.7. The fraction of sp³-hybridized carbons (Fsp3) is 0.129. The van der Waals surface area contributed by atoms with Crippen LogP contribution in [-0.2, 0) is 20.9 Å². The number of fused-ring (bicyclic) bond motifs is 2. The summed E-state index contributed by atoms with van der Waals surface area (Å²) in [5.74, 6) is -2.31. The van der Waals surface area contributed by atoms with E-state index in [1.54, 1.807) is 60.9 Å².